The van der Waals surface area contributed by atoms with E-state index >= 15 is 0 Å². The van der Waals surface area contributed by atoms with Crippen molar-refractivity contribution >= 4 is 20.9 Å². The summed E-state index contributed by atoms with van der Waals surface area (Å²) in [6.07, 6.45) is 1.01. The van der Waals surface area contributed by atoms with Crippen molar-refractivity contribution in [1.82, 2.24) is 0 Å². The maximum absolute atomic E-state index is 11.7. The topological polar surface area (TPSA) is 93.0 Å². The summed E-state index contributed by atoms with van der Waals surface area (Å²) in [5.74, 6) is -1.06. The van der Waals surface area contributed by atoms with E-state index in [1.807, 2.05) is 19.1 Å². The molecule has 0 unspecified atom stereocenters. The molecule has 0 aromatic heterocycles. The molecule has 0 spiro atoms. The van der Waals surface area contributed by atoms with Gasteiger partial charge in [-0.25, -0.2) is 18.2 Å². The van der Waals surface area contributed by atoms with Gasteiger partial charge in [-0.3, -0.25) is 0 Å². The fourth-order valence-electron chi connectivity index (χ4n) is 1.47. The third kappa shape index (κ3) is 2.65. The van der Waals surface area contributed by atoms with Crippen LogP contribution in [0, 0.1) is 6.92 Å². The Morgan fingerprint density at radius 1 is 1.32 bits per heavy atom. The molecule has 1 aliphatic heterocycles. The number of hydrogen-bond acceptors (Lipinski definition) is 5. The first-order chi connectivity index (χ1) is 8.91. The van der Waals surface area contributed by atoms with Crippen molar-refractivity contribution in [3.63, 3.8) is 0 Å². The minimum absolute atomic E-state index is 0.162. The Bertz CT molecular complexity index is 671. The number of aliphatic imine (C=N–C) groups is 1. The maximum Gasteiger partial charge on any atom is 0.366 e. The van der Waals surface area contributed by atoms with Crippen LogP contribution in [-0.4, -0.2) is 31.1 Å². The van der Waals surface area contributed by atoms with Crippen LogP contribution in [0.1, 0.15) is 5.56 Å². The molecule has 0 fully saturated rings. The lowest BCUT2D eigenvalue weighted by Gasteiger charge is -2.07. The van der Waals surface area contributed by atoms with Crippen LogP contribution in [0.5, 0.6) is 5.75 Å². The van der Waals surface area contributed by atoms with Crippen molar-refractivity contribution in [2.45, 2.75) is 6.92 Å². The second-order valence-corrected chi connectivity index (χ2v) is 5.86. The third-order valence-electron chi connectivity index (χ3n) is 2.51. The van der Waals surface area contributed by atoms with Crippen LogP contribution in [0.25, 0.3) is 0 Å². The first kappa shape index (κ1) is 13.3. The Hall–Kier alpha value is -2.15. The number of aliphatic carboxylic acids is 1. The van der Waals surface area contributed by atoms with Crippen LogP contribution >= 0.6 is 0 Å². The van der Waals surface area contributed by atoms with E-state index in [4.69, 9.17) is 9.84 Å². The van der Waals surface area contributed by atoms with E-state index in [1.54, 1.807) is 12.1 Å². The first-order valence-electron chi connectivity index (χ1n) is 5.36. The summed E-state index contributed by atoms with van der Waals surface area (Å²) in [4.78, 5) is 13.9. The molecule has 0 radical (unpaired) electrons. The number of carbonyl (C=O) groups is 1. The number of nitrogens with zero attached hydrogens (tertiary/aromatic N) is 1. The van der Waals surface area contributed by atoms with Crippen molar-refractivity contribution in [3.05, 3.63) is 40.9 Å². The average molecular weight is 281 g/mol. The molecule has 0 atom stereocenters. The van der Waals surface area contributed by atoms with E-state index in [2.05, 4.69) is 4.99 Å². The largest absolute Gasteiger partial charge is 0.488 e. The normalized spacial score (nSPS) is 16.7. The van der Waals surface area contributed by atoms with Gasteiger partial charge in [-0.15, -0.1) is 0 Å². The van der Waals surface area contributed by atoms with Gasteiger partial charge < -0.3 is 9.84 Å². The molecule has 1 aromatic carbocycles. The molecule has 1 aliphatic rings. The molecule has 0 aliphatic carbocycles. The maximum atomic E-state index is 11.7. The molecule has 1 N–H and O–H groups in total. The highest BCUT2D eigenvalue weighted by Crippen LogP contribution is 2.20. The predicted molar refractivity (Wildman–Crippen MR) is 68.7 cm³/mol. The average Bonchev–Trinajstić information content (AvgIpc) is 2.64. The molecular formula is C12H11NO5S. The number of hydrogen-bond donors (Lipinski definition) is 1. The highest BCUT2D eigenvalue weighted by molar-refractivity contribution is 8.11. The lowest BCUT2D eigenvalue weighted by atomic mass is 10.2. The van der Waals surface area contributed by atoms with E-state index in [-0.39, 0.29) is 11.5 Å². The van der Waals surface area contributed by atoms with Gasteiger partial charge in [0.05, 0.1) is 0 Å². The van der Waals surface area contributed by atoms with Gasteiger partial charge in [0.25, 0.3) is 0 Å². The lowest BCUT2D eigenvalue weighted by molar-refractivity contribution is -0.129. The summed E-state index contributed by atoms with van der Waals surface area (Å²) in [5.41, 5.74) is 1.05. The van der Waals surface area contributed by atoms with Crippen molar-refractivity contribution in [2.24, 2.45) is 4.99 Å². The summed E-state index contributed by atoms with van der Waals surface area (Å²) < 4.78 is 28.8. The van der Waals surface area contributed by atoms with Crippen molar-refractivity contribution in [3.8, 4) is 5.75 Å². The molecule has 0 saturated heterocycles. The van der Waals surface area contributed by atoms with Gasteiger partial charge in [0.15, 0.2) is 0 Å². The molecule has 7 heteroatoms. The van der Waals surface area contributed by atoms with Crippen LogP contribution in [0.15, 0.2) is 40.4 Å². The number of ether oxygens (including phenoxy) is 1. The van der Waals surface area contributed by atoms with E-state index in [0.717, 1.165) is 11.8 Å². The Morgan fingerprint density at radius 2 is 1.95 bits per heavy atom. The smallest absolute Gasteiger partial charge is 0.366 e. The highest BCUT2D eigenvalue weighted by atomic mass is 32.2. The number of carboxylic acid groups (broad SMARTS) is 1. The number of benzene rings is 1. The van der Waals surface area contributed by atoms with Crippen LogP contribution in [0.2, 0.25) is 0 Å². The zero-order chi connectivity index (χ0) is 14.0. The zero-order valence-corrected chi connectivity index (χ0v) is 10.8. The highest BCUT2D eigenvalue weighted by Gasteiger charge is 2.35. The standard InChI is InChI=1S/C12H11NO5S/c1-8-2-4-9(5-3-8)18-7-10-6-13-11(12(14)15)19(10,16)17/h2-6H,7H2,1H3,(H,14,15). The summed E-state index contributed by atoms with van der Waals surface area (Å²) in [6.45, 7) is 1.67. The predicted octanol–water partition coefficient (Wildman–Crippen LogP) is 1.13. The monoisotopic (exact) mass is 281 g/mol. The number of rotatable bonds is 4. The fraction of sp³-hybridized carbons (Fsp3) is 0.167. The van der Waals surface area contributed by atoms with Crippen LogP contribution < -0.4 is 4.74 Å². The van der Waals surface area contributed by atoms with Gasteiger partial charge in [-0.2, -0.15) is 0 Å². The fourth-order valence-corrected chi connectivity index (χ4v) is 2.54. The Kier molecular flexibility index (Phi) is 3.39. The SMILES string of the molecule is Cc1ccc(OCC2=CN=C(C(=O)O)S2(=O)=O)cc1. The lowest BCUT2D eigenvalue weighted by Crippen LogP contribution is -2.24. The molecule has 19 heavy (non-hydrogen) atoms. The molecule has 0 bridgehead atoms. The molecule has 6 nitrogen and oxygen atoms in total. The quantitative estimate of drug-likeness (QED) is 0.892. The van der Waals surface area contributed by atoms with E-state index in [9.17, 15) is 13.2 Å². The second-order valence-electron chi connectivity index (χ2n) is 3.94. The summed E-state index contributed by atoms with van der Waals surface area (Å²) >= 11 is 0. The van der Waals surface area contributed by atoms with Gasteiger partial charge in [-0.1, -0.05) is 17.7 Å². The van der Waals surface area contributed by atoms with Gasteiger partial charge in [0, 0.05) is 6.20 Å². The number of carboxylic acids is 1. The van der Waals surface area contributed by atoms with Gasteiger partial charge in [-0.05, 0) is 19.1 Å². The summed E-state index contributed by atoms with van der Waals surface area (Å²) in [7, 11) is -4.02. The van der Waals surface area contributed by atoms with Crippen LogP contribution in [0.3, 0.4) is 0 Å². The second kappa shape index (κ2) is 4.85. The third-order valence-corrected chi connectivity index (χ3v) is 4.21. The van der Waals surface area contributed by atoms with Crippen LogP contribution in [0.4, 0.5) is 0 Å². The number of aryl methyl sites for hydroxylation is 1. The van der Waals surface area contributed by atoms with Gasteiger partial charge in [0.1, 0.15) is 17.3 Å². The molecular weight excluding hydrogens is 270 g/mol. The molecule has 0 amide bonds. The van der Waals surface area contributed by atoms with E-state index < -0.39 is 20.9 Å². The molecule has 1 aromatic rings. The Labute approximate surface area is 110 Å². The molecule has 100 valence electrons. The zero-order valence-electron chi connectivity index (χ0n) is 10.0. The van der Waals surface area contributed by atoms with Gasteiger partial charge in [0.2, 0.25) is 14.9 Å². The van der Waals surface area contributed by atoms with Gasteiger partial charge >= 0.3 is 5.97 Å². The van der Waals surface area contributed by atoms with E-state index in [1.165, 1.54) is 0 Å². The minimum atomic E-state index is -4.02. The van der Waals surface area contributed by atoms with Crippen molar-refractivity contribution in [2.75, 3.05) is 6.61 Å². The van der Waals surface area contributed by atoms with Crippen LogP contribution in [-0.2, 0) is 14.6 Å². The molecule has 2 rings (SSSR count). The molecule has 0 saturated carbocycles. The van der Waals surface area contributed by atoms with Crippen molar-refractivity contribution in [1.29, 1.82) is 0 Å². The first-order valence-corrected chi connectivity index (χ1v) is 6.84. The minimum Gasteiger partial charge on any atom is -0.488 e. The Morgan fingerprint density at radius 3 is 2.47 bits per heavy atom. The Balaban J connectivity index is 2.07. The number of sulfone groups is 1. The van der Waals surface area contributed by atoms with Crippen molar-refractivity contribution < 1.29 is 23.1 Å². The van der Waals surface area contributed by atoms with E-state index in [0.29, 0.717) is 5.75 Å². The molecule has 1 heterocycles. The summed E-state index contributed by atoms with van der Waals surface area (Å²) in [6, 6.07) is 7.06. The summed E-state index contributed by atoms with van der Waals surface area (Å²) in [5, 5.41) is 7.83.